The highest BCUT2D eigenvalue weighted by molar-refractivity contribution is 5.46. The van der Waals surface area contributed by atoms with Crippen LogP contribution in [0.3, 0.4) is 0 Å². The second-order valence-electron chi connectivity index (χ2n) is 6.08. The van der Waals surface area contributed by atoms with Crippen molar-refractivity contribution in [2.45, 2.75) is 46.0 Å². The topological polar surface area (TPSA) is 32.7 Å². The molecule has 3 heteroatoms. The summed E-state index contributed by atoms with van der Waals surface area (Å²) in [5.74, 6) is 1.64. The number of benzene rings is 1. The highest BCUT2D eigenvalue weighted by Crippen LogP contribution is 2.32. The molecule has 0 atom stereocenters. The molecule has 1 saturated heterocycles. The minimum atomic E-state index is 0.353. The SMILES string of the molecule is Cc1cc(OCCN2CCCCC2)c(C(C)C)cc1O. The zero-order valence-corrected chi connectivity index (χ0v) is 13.0. The van der Waals surface area contributed by atoms with E-state index in [1.807, 2.05) is 19.1 Å². The standard InChI is InChI=1S/C17H27NO2/c1-13(2)15-12-16(19)14(3)11-17(15)20-10-9-18-7-5-4-6-8-18/h11-13,19H,4-10H2,1-3H3. The van der Waals surface area contributed by atoms with Crippen molar-refractivity contribution in [2.75, 3.05) is 26.2 Å². The highest BCUT2D eigenvalue weighted by atomic mass is 16.5. The summed E-state index contributed by atoms with van der Waals surface area (Å²) in [4.78, 5) is 2.48. The molecule has 0 bridgehead atoms. The fraction of sp³-hybridized carbons (Fsp3) is 0.647. The molecule has 112 valence electrons. The zero-order valence-electron chi connectivity index (χ0n) is 13.0. The second kappa shape index (κ2) is 6.98. The number of nitrogens with zero attached hydrogens (tertiary/aromatic N) is 1. The van der Waals surface area contributed by atoms with Gasteiger partial charge in [0.25, 0.3) is 0 Å². The van der Waals surface area contributed by atoms with Gasteiger partial charge in [-0.15, -0.1) is 0 Å². The molecule has 1 heterocycles. The van der Waals surface area contributed by atoms with Crippen LogP contribution in [-0.2, 0) is 0 Å². The van der Waals surface area contributed by atoms with E-state index >= 15 is 0 Å². The van der Waals surface area contributed by atoms with Crippen molar-refractivity contribution < 1.29 is 9.84 Å². The van der Waals surface area contributed by atoms with Crippen molar-refractivity contribution in [3.8, 4) is 11.5 Å². The molecule has 3 nitrogen and oxygen atoms in total. The maximum absolute atomic E-state index is 9.84. The van der Waals surface area contributed by atoms with Gasteiger partial charge in [-0.05, 0) is 56.5 Å². The van der Waals surface area contributed by atoms with Crippen molar-refractivity contribution in [2.24, 2.45) is 0 Å². The monoisotopic (exact) mass is 277 g/mol. The number of rotatable bonds is 5. The lowest BCUT2D eigenvalue weighted by atomic mass is 10.00. The molecule has 1 aromatic carbocycles. The quantitative estimate of drug-likeness (QED) is 0.891. The van der Waals surface area contributed by atoms with Gasteiger partial charge in [0.2, 0.25) is 0 Å². The number of phenolic OH excluding ortho intramolecular Hbond substituents is 1. The van der Waals surface area contributed by atoms with Gasteiger partial charge in [-0.2, -0.15) is 0 Å². The Hall–Kier alpha value is -1.22. The summed E-state index contributed by atoms with van der Waals surface area (Å²) in [6, 6.07) is 3.80. The lowest BCUT2D eigenvalue weighted by Gasteiger charge is -2.26. The van der Waals surface area contributed by atoms with Gasteiger partial charge < -0.3 is 9.84 Å². The van der Waals surface area contributed by atoms with Crippen LogP contribution in [0, 0.1) is 6.92 Å². The molecular formula is C17H27NO2. The van der Waals surface area contributed by atoms with Crippen molar-refractivity contribution in [1.29, 1.82) is 0 Å². The molecule has 0 aromatic heterocycles. The molecule has 0 aliphatic carbocycles. The summed E-state index contributed by atoms with van der Waals surface area (Å²) < 4.78 is 5.98. The number of aryl methyl sites for hydroxylation is 1. The Balaban J connectivity index is 1.95. The van der Waals surface area contributed by atoms with Crippen LogP contribution in [0.25, 0.3) is 0 Å². The van der Waals surface area contributed by atoms with E-state index in [2.05, 4.69) is 18.7 Å². The van der Waals surface area contributed by atoms with Gasteiger partial charge in [0.15, 0.2) is 0 Å². The molecule has 0 radical (unpaired) electrons. The highest BCUT2D eigenvalue weighted by Gasteiger charge is 2.13. The molecule has 1 aliphatic rings. The summed E-state index contributed by atoms with van der Waals surface area (Å²) in [7, 11) is 0. The van der Waals surface area contributed by atoms with Crippen LogP contribution in [0.2, 0.25) is 0 Å². The fourth-order valence-corrected chi connectivity index (χ4v) is 2.73. The Bertz CT molecular complexity index is 437. The van der Waals surface area contributed by atoms with Crippen LogP contribution in [0.4, 0.5) is 0 Å². The van der Waals surface area contributed by atoms with Crippen LogP contribution < -0.4 is 4.74 Å². The summed E-state index contributed by atoms with van der Waals surface area (Å²) in [5, 5.41) is 9.84. The predicted molar refractivity (Wildman–Crippen MR) is 82.7 cm³/mol. The van der Waals surface area contributed by atoms with Crippen LogP contribution >= 0.6 is 0 Å². The Morgan fingerprint density at radius 1 is 1.20 bits per heavy atom. The number of ether oxygens (including phenoxy) is 1. The first-order chi connectivity index (χ1) is 9.58. The van der Waals surface area contributed by atoms with Crippen LogP contribution in [0.5, 0.6) is 11.5 Å². The predicted octanol–water partition coefficient (Wildman–Crippen LogP) is 3.69. The Labute approximate surface area is 122 Å². The van der Waals surface area contributed by atoms with Crippen molar-refractivity contribution in [3.63, 3.8) is 0 Å². The third-order valence-corrected chi connectivity index (χ3v) is 4.06. The normalized spacial score (nSPS) is 16.6. The van der Waals surface area contributed by atoms with Gasteiger partial charge in [0.1, 0.15) is 18.1 Å². The lowest BCUT2D eigenvalue weighted by molar-refractivity contribution is 0.182. The summed E-state index contributed by atoms with van der Waals surface area (Å²) in [6.07, 6.45) is 4.00. The van der Waals surface area contributed by atoms with Crippen molar-refractivity contribution >= 4 is 0 Å². The first-order valence-corrected chi connectivity index (χ1v) is 7.76. The van der Waals surface area contributed by atoms with Crippen molar-refractivity contribution in [1.82, 2.24) is 4.90 Å². The van der Waals surface area contributed by atoms with E-state index in [0.717, 1.165) is 30.0 Å². The molecule has 1 fully saturated rings. The van der Waals surface area contributed by atoms with E-state index in [1.165, 1.54) is 32.4 Å². The molecule has 20 heavy (non-hydrogen) atoms. The molecule has 0 saturated carbocycles. The first-order valence-electron chi connectivity index (χ1n) is 7.76. The number of likely N-dealkylation sites (tertiary alicyclic amines) is 1. The van der Waals surface area contributed by atoms with Gasteiger partial charge >= 0.3 is 0 Å². The largest absolute Gasteiger partial charge is 0.508 e. The molecular weight excluding hydrogens is 250 g/mol. The third kappa shape index (κ3) is 3.89. The molecule has 0 spiro atoms. The van der Waals surface area contributed by atoms with E-state index in [0.29, 0.717) is 11.7 Å². The van der Waals surface area contributed by atoms with Gasteiger partial charge in [-0.3, -0.25) is 4.90 Å². The van der Waals surface area contributed by atoms with E-state index < -0.39 is 0 Å². The fourth-order valence-electron chi connectivity index (χ4n) is 2.73. The Morgan fingerprint density at radius 2 is 1.90 bits per heavy atom. The average Bonchev–Trinajstić information content (AvgIpc) is 2.43. The van der Waals surface area contributed by atoms with Gasteiger partial charge in [0.05, 0.1) is 0 Å². The summed E-state index contributed by atoms with van der Waals surface area (Å²) >= 11 is 0. The molecule has 2 rings (SSSR count). The number of phenols is 1. The zero-order chi connectivity index (χ0) is 14.5. The molecule has 0 unspecified atom stereocenters. The molecule has 0 amide bonds. The number of aromatic hydroxyl groups is 1. The average molecular weight is 277 g/mol. The maximum atomic E-state index is 9.84. The molecule has 1 aromatic rings. The minimum absolute atomic E-state index is 0.353. The Morgan fingerprint density at radius 3 is 2.55 bits per heavy atom. The van der Waals surface area contributed by atoms with E-state index in [4.69, 9.17) is 4.74 Å². The second-order valence-corrected chi connectivity index (χ2v) is 6.08. The number of hydrogen-bond donors (Lipinski definition) is 1. The number of piperidine rings is 1. The van der Waals surface area contributed by atoms with Crippen LogP contribution in [0.15, 0.2) is 12.1 Å². The van der Waals surface area contributed by atoms with Gasteiger partial charge in [-0.25, -0.2) is 0 Å². The first kappa shape index (κ1) is 15.2. The van der Waals surface area contributed by atoms with E-state index in [1.54, 1.807) is 0 Å². The van der Waals surface area contributed by atoms with E-state index in [-0.39, 0.29) is 0 Å². The summed E-state index contributed by atoms with van der Waals surface area (Å²) in [6.45, 7) is 10.3. The van der Waals surface area contributed by atoms with Crippen molar-refractivity contribution in [3.05, 3.63) is 23.3 Å². The molecule has 1 aliphatic heterocycles. The minimum Gasteiger partial charge on any atom is -0.508 e. The third-order valence-electron chi connectivity index (χ3n) is 4.06. The Kier molecular flexibility index (Phi) is 5.30. The van der Waals surface area contributed by atoms with E-state index in [9.17, 15) is 5.11 Å². The summed E-state index contributed by atoms with van der Waals surface area (Å²) in [5.41, 5.74) is 1.97. The molecule has 1 N–H and O–H groups in total. The van der Waals surface area contributed by atoms with Crippen LogP contribution in [-0.4, -0.2) is 36.2 Å². The lowest BCUT2D eigenvalue weighted by Crippen LogP contribution is -2.33. The van der Waals surface area contributed by atoms with Gasteiger partial charge in [-0.1, -0.05) is 20.3 Å². The van der Waals surface area contributed by atoms with Crippen LogP contribution in [0.1, 0.15) is 50.2 Å². The smallest absolute Gasteiger partial charge is 0.123 e. The maximum Gasteiger partial charge on any atom is 0.123 e. The van der Waals surface area contributed by atoms with Gasteiger partial charge in [0, 0.05) is 12.1 Å². The number of hydrogen-bond acceptors (Lipinski definition) is 3.